The summed E-state index contributed by atoms with van der Waals surface area (Å²) in [6.07, 6.45) is 4.87. The van der Waals surface area contributed by atoms with Gasteiger partial charge in [0.05, 0.1) is 34.7 Å². The molecule has 1 N–H and O–H groups in total. The average Bonchev–Trinajstić information content (AvgIpc) is 3.17. The molecule has 0 unspecified atom stereocenters. The lowest BCUT2D eigenvalue weighted by atomic mass is 10.2. The van der Waals surface area contributed by atoms with Crippen LogP contribution >= 0.6 is 34.8 Å². The van der Waals surface area contributed by atoms with Gasteiger partial charge in [-0.3, -0.25) is 14.2 Å². The van der Waals surface area contributed by atoms with Gasteiger partial charge in [0.1, 0.15) is 0 Å². The Hall–Kier alpha value is -3.66. The zero-order valence-corrected chi connectivity index (χ0v) is 21.3. The lowest BCUT2D eigenvalue weighted by molar-refractivity contribution is 0.657. The van der Waals surface area contributed by atoms with E-state index in [9.17, 15) is 9.59 Å². The monoisotopic (exact) mass is 541 g/mol. The third-order valence-electron chi connectivity index (χ3n) is 5.48. The summed E-state index contributed by atoms with van der Waals surface area (Å²) in [5, 5.41) is 9.40. The second-order valence-electron chi connectivity index (χ2n) is 8.20. The maximum absolute atomic E-state index is 13.7. The molecule has 0 fully saturated rings. The van der Waals surface area contributed by atoms with Crippen LogP contribution in [0.5, 0.6) is 0 Å². The van der Waals surface area contributed by atoms with Gasteiger partial charge < -0.3 is 5.32 Å². The first kappa shape index (κ1) is 24.1. The summed E-state index contributed by atoms with van der Waals surface area (Å²) in [7, 11) is 1.80. The zero-order chi connectivity index (χ0) is 25.6. The number of fused-ring (bicyclic) bond motifs is 1. The Bertz CT molecular complexity index is 1760. The molecule has 0 saturated carbocycles. The summed E-state index contributed by atoms with van der Waals surface area (Å²) in [6.45, 7) is 1.80. The smallest absolute Gasteiger partial charge is 0.324 e. The summed E-state index contributed by atoms with van der Waals surface area (Å²) in [5.74, 6) is -0.0111. The van der Waals surface area contributed by atoms with Crippen LogP contribution in [0, 0.1) is 6.92 Å². The lowest BCUT2D eigenvalue weighted by Crippen LogP contribution is -2.41. The van der Waals surface area contributed by atoms with Gasteiger partial charge in [-0.2, -0.15) is 10.1 Å². The molecule has 3 heterocycles. The van der Waals surface area contributed by atoms with Gasteiger partial charge in [0.25, 0.3) is 0 Å². The van der Waals surface area contributed by atoms with Crippen molar-refractivity contribution >= 4 is 57.3 Å². The van der Waals surface area contributed by atoms with E-state index in [1.54, 1.807) is 54.3 Å². The summed E-state index contributed by atoms with van der Waals surface area (Å²) < 4.78 is 3.91. The molecule has 5 rings (SSSR count). The first-order chi connectivity index (χ1) is 17.2. The van der Waals surface area contributed by atoms with Gasteiger partial charge in [-0.25, -0.2) is 14.2 Å². The number of rotatable bonds is 5. The molecule has 0 saturated heterocycles. The first-order valence-electron chi connectivity index (χ1n) is 10.7. The van der Waals surface area contributed by atoms with E-state index in [0.717, 1.165) is 15.5 Å². The van der Waals surface area contributed by atoms with Crippen LogP contribution in [0.15, 0.2) is 64.6 Å². The highest BCUT2D eigenvalue weighted by atomic mass is 35.5. The molecule has 0 amide bonds. The van der Waals surface area contributed by atoms with Crippen molar-refractivity contribution in [3.63, 3.8) is 0 Å². The fourth-order valence-electron chi connectivity index (χ4n) is 3.83. The van der Waals surface area contributed by atoms with Crippen LogP contribution in [0.2, 0.25) is 15.1 Å². The number of benzene rings is 2. The van der Waals surface area contributed by atoms with Gasteiger partial charge in [-0.15, -0.1) is 0 Å². The van der Waals surface area contributed by atoms with E-state index in [-0.39, 0.29) is 12.5 Å². The van der Waals surface area contributed by atoms with Gasteiger partial charge in [0.2, 0.25) is 5.95 Å². The largest absolute Gasteiger partial charge is 0.359 e. The van der Waals surface area contributed by atoms with E-state index in [0.29, 0.717) is 37.5 Å². The molecule has 0 spiro atoms. The third kappa shape index (κ3) is 4.60. The van der Waals surface area contributed by atoms with E-state index in [2.05, 4.69) is 20.4 Å². The van der Waals surface area contributed by atoms with E-state index in [1.807, 2.05) is 13.1 Å². The molecule has 0 radical (unpaired) electrons. The van der Waals surface area contributed by atoms with Crippen molar-refractivity contribution in [3.05, 3.63) is 102 Å². The van der Waals surface area contributed by atoms with Gasteiger partial charge >= 0.3 is 11.4 Å². The van der Waals surface area contributed by atoms with Crippen LogP contribution in [0.4, 0.5) is 11.6 Å². The second kappa shape index (κ2) is 9.42. The number of nitrogens with one attached hydrogen (secondary N) is 1. The molecule has 3 aromatic heterocycles. The zero-order valence-electron chi connectivity index (χ0n) is 19.0. The molecule has 0 aliphatic rings. The predicted octanol–water partition coefficient (Wildman–Crippen LogP) is 4.74. The van der Waals surface area contributed by atoms with E-state index < -0.39 is 11.4 Å². The maximum atomic E-state index is 13.7. The summed E-state index contributed by atoms with van der Waals surface area (Å²) in [6, 6.07) is 10.1. The van der Waals surface area contributed by atoms with Crippen LogP contribution in [-0.4, -0.2) is 28.9 Å². The summed E-state index contributed by atoms with van der Waals surface area (Å²) >= 11 is 19.1. The molecule has 0 atom stereocenters. The van der Waals surface area contributed by atoms with Gasteiger partial charge in [-0.1, -0.05) is 34.8 Å². The molecule has 0 aliphatic heterocycles. The number of pyridine rings is 1. The topological polar surface area (TPSA) is 99.6 Å². The standard InChI is InChI=1S/C24H18Cl3N7O2/c1-13-5-17(10-28-9-13)34-23(35)30-22(29-21-7-15-11-32(2)31-20(15)8-19(21)27)33(24(34)36)12-14-6-16(25)3-4-18(14)26/h3-11H,12H2,1-2H3,(H,29,30,35). The van der Waals surface area contributed by atoms with E-state index in [4.69, 9.17) is 34.8 Å². The van der Waals surface area contributed by atoms with Crippen molar-refractivity contribution in [1.29, 1.82) is 0 Å². The Balaban J connectivity index is 1.70. The highest BCUT2D eigenvalue weighted by Gasteiger charge is 2.18. The molecule has 0 aliphatic carbocycles. The Kier molecular flexibility index (Phi) is 6.29. The Morgan fingerprint density at radius 2 is 1.81 bits per heavy atom. The average molecular weight is 543 g/mol. The fraction of sp³-hybridized carbons (Fsp3) is 0.125. The Labute approximate surface area is 219 Å². The van der Waals surface area contributed by atoms with Crippen LogP contribution in [-0.2, 0) is 13.6 Å². The third-order valence-corrected chi connectivity index (χ3v) is 6.40. The molecule has 5 aromatic rings. The second-order valence-corrected chi connectivity index (χ2v) is 9.45. The molecule has 2 aromatic carbocycles. The van der Waals surface area contributed by atoms with Crippen molar-refractivity contribution in [2.45, 2.75) is 13.5 Å². The first-order valence-corrected chi connectivity index (χ1v) is 11.8. The molecule has 36 heavy (non-hydrogen) atoms. The number of hydrogen-bond donors (Lipinski definition) is 1. The normalized spacial score (nSPS) is 11.2. The number of nitrogens with zero attached hydrogens (tertiary/aromatic N) is 6. The number of anilines is 2. The quantitative estimate of drug-likeness (QED) is 0.344. The minimum absolute atomic E-state index is 0.0111. The summed E-state index contributed by atoms with van der Waals surface area (Å²) in [5.41, 5.74) is 1.38. The minimum atomic E-state index is -0.776. The predicted molar refractivity (Wildman–Crippen MR) is 141 cm³/mol. The van der Waals surface area contributed by atoms with E-state index >= 15 is 0 Å². The maximum Gasteiger partial charge on any atom is 0.359 e. The van der Waals surface area contributed by atoms with Crippen molar-refractivity contribution in [3.8, 4) is 5.69 Å². The van der Waals surface area contributed by atoms with Crippen molar-refractivity contribution in [2.75, 3.05) is 5.32 Å². The number of hydrogen-bond acceptors (Lipinski definition) is 6. The van der Waals surface area contributed by atoms with Crippen LogP contribution in [0.3, 0.4) is 0 Å². The van der Waals surface area contributed by atoms with Crippen molar-refractivity contribution < 1.29 is 0 Å². The molecule has 0 bridgehead atoms. The number of halogens is 3. The minimum Gasteiger partial charge on any atom is -0.324 e. The van der Waals surface area contributed by atoms with Crippen molar-refractivity contribution in [1.82, 2.24) is 28.9 Å². The van der Waals surface area contributed by atoms with Gasteiger partial charge in [0, 0.05) is 34.9 Å². The molecule has 182 valence electrons. The molecule has 9 nitrogen and oxygen atoms in total. The van der Waals surface area contributed by atoms with Gasteiger partial charge in [0.15, 0.2) is 0 Å². The van der Waals surface area contributed by atoms with Crippen LogP contribution in [0.25, 0.3) is 16.6 Å². The number of aromatic nitrogens is 6. The molecule has 12 heteroatoms. The molecular formula is C24H18Cl3N7O2. The van der Waals surface area contributed by atoms with Gasteiger partial charge in [-0.05, 0) is 54.4 Å². The highest BCUT2D eigenvalue weighted by Crippen LogP contribution is 2.30. The fourth-order valence-corrected chi connectivity index (χ4v) is 4.41. The van der Waals surface area contributed by atoms with Crippen LogP contribution in [0.1, 0.15) is 11.1 Å². The SMILES string of the molecule is Cc1cncc(-n2c(=O)nc(Nc3cc4cn(C)nc4cc3Cl)n(Cc3cc(Cl)ccc3Cl)c2=O)c1. The van der Waals surface area contributed by atoms with E-state index in [1.165, 1.54) is 10.8 Å². The Morgan fingerprint density at radius 1 is 1.00 bits per heavy atom. The Morgan fingerprint density at radius 3 is 2.58 bits per heavy atom. The number of aryl methyl sites for hydroxylation is 2. The van der Waals surface area contributed by atoms with Crippen LogP contribution < -0.4 is 16.7 Å². The highest BCUT2D eigenvalue weighted by molar-refractivity contribution is 6.34. The summed E-state index contributed by atoms with van der Waals surface area (Å²) in [4.78, 5) is 35.1. The molecular weight excluding hydrogens is 525 g/mol. The lowest BCUT2D eigenvalue weighted by Gasteiger charge is -2.17. The van der Waals surface area contributed by atoms with Crippen molar-refractivity contribution in [2.24, 2.45) is 7.05 Å².